The minimum atomic E-state index is -0.627. The monoisotopic (exact) mass is 426 g/mol. The number of rotatable bonds is 11. The zero-order chi connectivity index (χ0) is 24.0. The summed E-state index contributed by atoms with van der Waals surface area (Å²) in [6.07, 6.45) is 1.56. The van der Waals surface area contributed by atoms with Crippen LogP contribution in [0.1, 0.15) is 95.4 Å². The molecule has 0 spiro atoms. The molecule has 3 amide bonds. The molecule has 0 saturated heterocycles. The van der Waals surface area contributed by atoms with Gasteiger partial charge in [-0.05, 0) is 37.5 Å². The van der Waals surface area contributed by atoms with Crippen molar-refractivity contribution in [3.05, 3.63) is 0 Å². The molecule has 0 aromatic heterocycles. The molecule has 0 aliphatic carbocycles. The van der Waals surface area contributed by atoms with E-state index < -0.39 is 5.41 Å². The van der Waals surface area contributed by atoms with E-state index in [0.29, 0.717) is 26.1 Å². The molecule has 0 aromatic carbocycles. The number of amides is 3. The maximum atomic E-state index is 12.9. The van der Waals surface area contributed by atoms with Gasteiger partial charge >= 0.3 is 0 Å². The van der Waals surface area contributed by atoms with Crippen LogP contribution in [0, 0.1) is 16.2 Å². The second kappa shape index (κ2) is 10.7. The van der Waals surface area contributed by atoms with Gasteiger partial charge in [0.05, 0.1) is 12.2 Å². The van der Waals surface area contributed by atoms with Gasteiger partial charge in [-0.1, -0.05) is 55.4 Å². The molecular formula is C24H46N2O4. The predicted octanol–water partition coefficient (Wildman–Crippen LogP) is 4.56. The summed E-state index contributed by atoms with van der Waals surface area (Å²) in [5, 5.41) is 3.04. The van der Waals surface area contributed by atoms with Gasteiger partial charge in [0, 0.05) is 31.8 Å². The smallest absolute Gasteiger partial charge is 0.228 e. The van der Waals surface area contributed by atoms with Gasteiger partial charge in [-0.15, -0.1) is 0 Å². The van der Waals surface area contributed by atoms with Gasteiger partial charge in [-0.25, -0.2) is 0 Å². The summed E-state index contributed by atoms with van der Waals surface area (Å²) < 4.78 is 6.02. The summed E-state index contributed by atoms with van der Waals surface area (Å²) in [5.74, 6) is -0.469. The Balaban J connectivity index is 4.85. The summed E-state index contributed by atoms with van der Waals surface area (Å²) in [6, 6.07) is 0. The summed E-state index contributed by atoms with van der Waals surface area (Å²) in [7, 11) is 0. The molecule has 0 unspecified atom stereocenters. The number of carbonyl (C=O) groups excluding carboxylic acids is 3. The summed E-state index contributed by atoms with van der Waals surface area (Å²) in [5.41, 5.74) is -1.22. The van der Waals surface area contributed by atoms with Crippen LogP contribution >= 0.6 is 0 Å². The number of hydrogen-bond donors (Lipinski definition) is 1. The van der Waals surface area contributed by atoms with E-state index in [1.54, 1.807) is 6.92 Å². The fraction of sp³-hybridized carbons (Fsp3) is 0.875. The van der Waals surface area contributed by atoms with E-state index in [1.165, 1.54) is 11.8 Å². The normalized spacial score (nSPS) is 13.2. The first kappa shape index (κ1) is 28.6. The van der Waals surface area contributed by atoms with Gasteiger partial charge in [-0.3, -0.25) is 19.3 Å². The number of nitrogens with one attached hydrogen (secondary N) is 1. The van der Waals surface area contributed by atoms with Crippen molar-refractivity contribution in [1.82, 2.24) is 10.2 Å². The third kappa shape index (κ3) is 11.1. The minimum absolute atomic E-state index is 0.0293. The van der Waals surface area contributed by atoms with E-state index in [2.05, 4.69) is 26.1 Å². The first-order valence-electron chi connectivity index (χ1n) is 11.1. The molecule has 0 saturated carbocycles. The van der Waals surface area contributed by atoms with Crippen LogP contribution < -0.4 is 5.32 Å². The van der Waals surface area contributed by atoms with E-state index >= 15 is 0 Å². The highest BCUT2D eigenvalue weighted by Gasteiger charge is 2.37. The average Bonchev–Trinajstić information content (AvgIpc) is 2.55. The molecule has 0 radical (unpaired) electrons. The van der Waals surface area contributed by atoms with Crippen molar-refractivity contribution < 1.29 is 19.1 Å². The van der Waals surface area contributed by atoms with Crippen LogP contribution in [0.25, 0.3) is 0 Å². The van der Waals surface area contributed by atoms with Crippen LogP contribution in [-0.4, -0.2) is 47.9 Å². The van der Waals surface area contributed by atoms with Gasteiger partial charge in [0.1, 0.15) is 0 Å². The quantitative estimate of drug-likeness (QED) is 0.525. The molecule has 0 fully saturated rings. The Kier molecular flexibility index (Phi) is 10.2. The number of ether oxygens (including phenoxy) is 1. The van der Waals surface area contributed by atoms with Crippen molar-refractivity contribution in [3.8, 4) is 0 Å². The minimum Gasteiger partial charge on any atom is -0.375 e. The number of carbonyl (C=O) groups is 3. The fourth-order valence-corrected chi connectivity index (χ4v) is 3.53. The van der Waals surface area contributed by atoms with Crippen molar-refractivity contribution >= 4 is 17.7 Å². The van der Waals surface area contributed by atoms with Gasteiger partial charge in [-0.2, -0.15) is 0 Å². The SMILES string of the molecule is CCC(=O)N(CC(C)(C)CC(C)(C)C(=O)NCCC(C)(C)OCC(C)(C)C)C(C)=O. The highest BCUT2D eigenvalue weighted by atomic mass is 16.5. The summed E-state index contributed by atoms with van der Waals surface area (Å²) >= 11 is 0. The Morgan fingerprint density at radius 1 is 0.933 bits per heavy atom. The molecular weight excluding hydrogens is 380 g/mol. The molecule has 0 aliphatic heterocycles. The number of nitrogens with zero attached hydrogens (tertiary/aromatic N) is 1. The average molecular weight is 427 g/mol. The Bertz CT molecular complexity index is 601. The van der Waals surface area contributed by atoms with E-state index in [1.807, 2.05) is 41.5 Å². The van der Waals surface area contributed by atoms with Crippen LogP contribution in [0.3, 0.4) is 0 Å². The van der Waals surface area contributed by atoms with Crippen LogP contribution in [0.4, 0.5) is 0 Å². The molecule has 0 aliphatic rings. The molecule has 0 aromatic rings. The molecule has 0 atom stereocenters. The second-order valence-corrected chi connectivity index (χ2v) is 11.7. The second-order valence-electron chi connectivity index (χ2n) is 11.7. The molecule has 0 bridgehead atoms. The maximum absolute atomic E-state index is 12.9. The van der Waals surface area contributed by atoms with Crippen LogP contribution in [0.5, 0.6) is 0 Å². The molecule has 6 nitrogen and oxygen atoms in total. The zero-order valence-corrected chi connectivity index (χ0v) is 21.3. The predicted molar refractivity (Wildman–Crippen MR) is 122 cm³/mol. The fourth-order valence-electron chi connectivity index (χ4n) is 3.53. The van der Waals surface area contributed by atoms with Crippen LogP contribution in [-0.2, 0) is 19.1 Å². The third-order valence-electron chi connectivity index (χ3n) is 5.01. The Morgan fingerprint density at radius 3 is 1.90 bits per heavy atom. The lowest BCUT2D eigenvalue weighted by Crippen LogP contribution is -2.46. The first-order valence-corrected chi connectivity index (χ1v) is 11.1. The molecule has 176 valence electrons. The lowest BCUT2D eigenvalue weighted by atomic mass is 9.74. The molecule has 30 heavy (non-hydrogen) atoms. The van der Waals surface area contributed by atoms with Crippen LogP contribution in [0.15, 0.2) is 0 Å². The molecule has 0 heterocycles. The lowest BCUT2D eigenvalue weighted by molar-refractivity contribution is -0.145. The topological polar surface area (TPSA) is 75.7 Å². The summed E-state index contributed by atoms with van der Waals surface area (Å²) in [6.45, 7) is 22.9. The van der Waals surface area contributed by atoms with Gasteiger partial charge in [0.2, 0.25) is 17.7 Å². The summed E-state index contributed by atoms with van der Waals surface area (Å²) in [4.78, 5) is 38.1. The van der Waals surface area contributed by atoms with E-state index in [9.17, 15) is 14.4 Å². The number of hydrogen-bond acceptors (Lipinski definition) is 4. The van der Waals surface area contributed by atoms with Gasteiger partial charge in [0.15, 0.2) is 0 Å². The van der Waals surface area contributed by atoms with Crippen molar-refractivity contribution in [3.63, 3.8) is 0 Å². The maximum Gasteiger partial charge on any atom is 0.228 e. The largest absolute Gasteiger partial charge is 0.375 e. The molecule has 6 heteroatoms. The van der Waals surface area contributed by atoms with Crippen LogP contribution in [0.2, 0.25) is 0 Å². The van der Waals surface area contributed by atoms with Crippen molar-refractivity contribution in [2.45, 2.75) is 101 Å². The van der Waals surface area contributed by atoms with Crippen molar-refractivity contribution in [1.29, 1.82) is 0 Å². The lowest BCUT2D eigenvalue weighted by Gasteiger charge is -2.37. The highest BCUT2D eigenvalue weighted by Crippen LogP contribution is 2.35. The standard InChI is InChI=1S/C24H46N2O4/c1-12-19(28)26(18(2)27)16-22(6,7)15-23(8,9)20(29)25-14-13-24(10,11)30-17-21(3,4)5/h12-17H2,1-11H3,(H,25,29). The first-order chi connectivity index (χ1) is 13.3. The van der Waals surface area contributed by atoms with Crippen molar-refractivity contribution in [2.24, 2.45) is 16.2 Å². The number of imide groups is 1. The Labute approximate surface area is 184 Å². The molecule has 1 N–H and O–H groups in total. The zero-order valence-electron chi connectivity index (χ0n) is 21.3. The Morgan fingerprint density at radius 2 is 1.47 bits per heavy atom. The van der Waals surface area contributed by atoms with Gasteiger partial charge < -0.3 is 10.1 Å². The molecule has 0 rings (SSSR count). The third-order valence-corrected chi connectivity index (χ3v) is 5.01. The van der Waals surface area contributed by atoms with E-state index in [0.717, 1.165) is 6.42 Å². The highest BCUT2D eigenvalue weighted by molar-refractivity contribution is 5.94. The van der Waals surface area contributed by atoms with Gasteiger partial charge in [0.25, 0.3) is 0 Å². The van der Waals surface area contributed by atoms with E-state index in [-0.39, 0.29) is 40.6 Å². The Hall–Kier alpha value is -1.43. The van der Waals surface area contributed by atoms with E-state index in [4.69, 9.17) is 4.74 Å². The van der Waals surface area contributed by atoms with Crippen molar-refractivity contribution in [2.75, 3.05) is 19.7 Å².